The molecule has 2 saturated carbocycles. The number of carbonyl (C=O) groups excluding carboxylic acids is 1. The molecule has 0 saturated heterocycles. The largest absolute Gasteiger partial charge is 0.396 e. The van der Waals surface area contributed by atoms with E-state index in [9.17, 15) is 9.90 Å². The van der Waals surface area contributed by atoms with Gasteiger partial charge >= 0.3 is 0 Å². The quantitative estimate of drug-likeness (QED) is 0.836. The second-order valence-electron chi connectivity index (χ2n) is 6.02. The lowest BCUT2D eigenvalue weighted by Gasteiger charge is -2.30. The van der Waals surface area contributed by atoms with Gasteiger partial charge in [-0.05, 0) is 25.7 Å². The summed E-state index contributed by atoms with van der Waals surface area (Å²) in [7, 11) is 0. The first kappa shape index (κ1) is 13.5. The molecule has 2 N–H and O–H groups in total. The van der Waals surface area contributed by atoms with Gasteiger partial charge < -0.3 is 10.4 Å². The van der Waals surface area contributed by atoms with Crippen LogP contribution in [0.15, 0.2) is 6.20 Å². The van der Waals surface area contributed by atoms with Gasteiger partial charge in [-0.15, -0.1) is 5.10 Å². The van der Waals surface area contributed by atoms with E-state index in [4.69, 9.17) is 0 Å². The van der Waals surface area contributed by atoms with Crippen LogP contribution in [0.4, 0.5) is 0 Å². The van der Waals surface area contributed by atoms with Crippen LogP contribution < -0.4 is 5.32 Å². The topological polar surface area (TPSA) is 80.0 Å². The van der Waals surface area contributed by atoms with Crippen molar-refractivity contribution in [2.45, 2.75) is 57.0 Å². The molecule has 1 aromatic heterocycles. The number of amides is 1. The third-order valence-corrected chi connectivity index (χ3v) is 4.35. The average molecular weight is 278 g/mol. The minimum Gasteiger partial charge on any atom is -0.396 e. The van der Waals surface area contributed by atoms with E-state index in [1.165, 1.54) is 12.8 Å². The third-order valence-electron chi connectivity index (χ3n) is 4.35. The fourth-order valence-electron chi connectivity index (χ4n) is 2.97. The molecule has 1 amide bonds. The molecule has 0 radical (unpaired) electrons. The average Bonchev–Trinajstić information content (AvgIpc) is 3.20. The van der Waals surface area contributed by atoms with Crippen molar-refractivity contribution in [2.24, 2.45) is 5.92 Å². The van der Waals surface area contributed by atoms with Gasteiger partial charge in [0.25, 0.3) is 0 Å². The minimum absolute atomic E-state index is 0.0393. The number of nitrogens with one attached hydrogen (secondary N) is 1. The number of hydrogen-bond donors (Lipinski definition) is 2. The van der Waals surface area contributed by atoms with Gasteiger partial charge in [0.15, 0.2) is 0 Å². The van der Waals surface area contributed by atoms with Crippen LogP contribution in [-0.2, 0) is 11.3 Å². The van der Waals surface area contributed by atoms with Crippen LogP contribution in [0.25, 0.3) is 0 Å². The highest BCUT2D eigenvalue weighted by Gasteiger charge is 2.28. The first-order chi connectivity index (χ1) is 9.76. The maximum absolute atomic E-state index is 12.1. The van der Waals surface area contributed by atoms with Crippen LogP contribution in [0.3, 0.4) is 0 Å². The van der Waals surface area contributed by atoms with E-state index in [2.05, 4.69) is 15.6 Å². The van der Waals surface area contributed by atoms with Crippen LogP contribution in [0.5, 0.6) is 0 Å². The highest BCUT2D eigenvalue weighted by atomic mass is 16.3. The fourth-order valence-corrected chi connectivity index (χ4v) is 2.97. The molecule has 6 heteroatoms. The van der Waals surface area contributed by atoms with E-state index in [1.807, 2.05) is 6.20 Å². The SMILES string of the molecule is O=C(Cn1cc(C2CC2)nn1)NC1CCCCC1CO. The lowest BCUT2D eigenvalue weighted by Crippen LogP contribution is -2.44. The van der Waals surface area contributed by atoms with E-state index < -0.39 is 0 Å². The normalized spacial score (nSPS) is 26.4. The molecule has 3 rings (SSSR count). The van der Waals surface area contributed by atoms with Gasteiger partial charge in [0.2, 0.25) is 5.91 Å². The van der Waals surface area contributed by atoms with E-state index in [0.717, 1.165) is 31.4 Å². The van der Waals surface area contributed by atoms with Gasteiger partial charge in [-0.25, -0.2) is 4.68 Å². The van der Waals surface area contributed by atoms with E-state index in [-0.39, 0.29) is 31.0 Å². The predicted molar refractivity (Wildman–Crippen MR) is 73.0 cm³/mol. The first-order valence-electron chi connectivity index (χ1n) is 7.56. The summed E-state index contributed by atoms with van der Waals surface area (Å²) in [5.74, 6) is 0.719. The lowest BCUT2D eigenvalue weighted by molar-refractivity contribution is -0.123. The highest BCUT2D eigenvalue weighted by Crippen LogP contribution is 2.38. The Balaban J connectivity index is 1.52. The number of hydrogen-bond acceptors (Lipinski definition) is 4. The van der Waals surface area contributed by atoms with E-state index >= 15 is 0 Å². The summed E-state index contributed by atoms with van der Waals surface area (Å²) < 4.78 is 1.61. The van der Waals surface area contributed by atoms with Crippen molar-refractivity contribution in [1.82, 2.24) is 20.3 Å². The zero-order chi connectivity index (χ0) is 13.9. The summed E-state index contributed by atoms with van der Waals surface area (Å²) in [6.45, 7) is 0.370. The summed E-state index contributed by atoms with van der Waals surface area (Å²) in [4.78, 5) is 12.1. The summed E-state index contributed by atoms with van der Waals surface area (Å²) in [6.07, 6.45) is 8.47. The van der Waals surface area contributed by atoms with Crippen molar-refractivity contribution in [3.05, 3.63) is 11.9 Å². The fraction of sp³-hybridized carbons (Fsp3) is 0.786. The van der Waals surface area contributed by atoms with Crippen molar-refractivity contribution >= 4 is 5.91 Å². The molecular formula is C14H22N4O2. The van der Waals surface area contributed by atoms with Gasteiger partial charge in [0, 0.05) is 30.7 Å². The summed E-state index contributed by atoms with van der Waals surface area (Å²) in [6, 6.07) is 0.104. The molecular weight excluding hydrogens is 256 g/mol. The van der Waals surface area contributed by atoms with E-state index in [0.29, 0.717) is 5.92 Å². The summed E-state index contributed by atoms with van der Waals surface area (Å²) >= 11 is 0. The second-order valence-corrected chi connectivity index (χ2v) is 6.02. The van der Waals surface area contributed by atoms with Gasteiger partial charge in [0.05, 0.1) is 5.69 Å². The second kappa shape index (κ2) is 5.91. The standard InChI is InChI=1S/C14H22N4O2/c19-9-11-3-1-2-4-12(11)15-14(20)8-18-7-13(16-17-18)10-5-6-10/h7,10-12,19H,1-6,8-9H2,(H,15,20). The number of aliphatic hydroxyl groups excluding tert-OH is 1. The number of carbonyl (C=O) groups is 1. The molecule has 2 fully saturated rings. The van der Waals surface area contributed by atoms with Crippen molar-refractivity contribution < 1.29 is 9.90 Å². The predicted octanol–water partition coefficient (Wildman–Crippen LogP) is 0.823. The number of aliphatic hydroxyl groups is 1. The smallest absolute Gasteiger partial charge is 0.242 e. The van der Waals surface area contributed by atoms with Crippen molar-refractivity contribution in [1.29, 1.82) is 0 Å². The molecule has 0 spiro atoms. The molecule has 2 unspecified atom stereocenters. The Hall–Kier alpha value is -1.43. The van der Waals surface area contributed by atoms with Crippen LogP contribution in [0.1, 0.15) is 50.1 Å². The number of rotatable bonds is 5. The van der Waals surface area contributed by atoms with Gasteiger partial charge in [-0.1, -0.05) is 18.1 Å². The van der Waals surface area contributed by atoms with Crippen LogP contribution in [0.2, 0.25) is 0 Å². The molecule has 0 bridgehead atoms. The Bertz CT molecular complexity index is 469. The maximum atomic E-state index is 12.1. The zero-order valence-corrected chi connectivity index (χ0v) is 11.7. The van der Waals surface area contributed by atoms with Crippen molar-refractivity contribution in [3.63, 3.8) is 0 Å². The van der Waals surface area contributed by atoms with Gasteiger partial charge in [-0.3, -0.25) is 4.79 Å². The highest BCUT2D eigenvalue weighted by molar-refractivity contribution is 5.76. The Morgan fingerprint density at radius 2 is 2.15 bits per heavy atom. The van der Waals surface area contributed by atoms with Crippen LogP contribution >= 0.6 is 0 Å². The van der Waals surface area contributed by atoms with E-state index in [1.54, 1.807) is 4.68 Å². The number of nitrogens with zero attached hydrogens (tertiary/aromatic N) is 3. The first-order valence-corrected chi connectivity index (χ1v) is 7.56. The number of aromatic nitrogens is 3. The molecule has 0 aliphatic heterocycles. The monoisotopic (exact) mass is 278 g/mol. The molecule has 2 aliphatic carbocycles. The molecule has 1 heterocycles. The zero-order valence-electron chi connectivity index (χ0n) is 11.7. The van der Waals surface area contributed by atoms with Crippen molar-refractivity contribution in [3.8, 4) is 0 Å². The Kier molecular flexibility index (Phi) is 4.00. The van der Waals surface area contributed by atoms with Gasteiger partial charge in [0.1, 0.15) is 6.54 Å². The molecule has 2 atom stereocenters. The molecule has 6 nitrogen and oxygen atoms in total. The summed E-state index contributed by atoms with van der Waals surface area (Å²) in [5.41, 5.74) is 1.00. The van der Waals surface area contributed by atoms with Crippen LogP contribution in [-0.4, -0.2) is 38.7 Å². The van der Waals surface area contributed by atoms with Gasteiger partial charge in [-0.2, -0.15) is 0 Å². The molecule has 20 heavy (non-hydrogen) atoms. The molecule has 1 aromatic rings. The molecule has 110 valence electrons. The third kappa shape index (κ3) is 3.17. The Labute approximate surface area is 118 Å². The minimum atomic E-state index is -0.0393. The van der Waals surface area contributed by atoms with Crippen LogP contribution in [0, 0.1) is 5.92 Å². The Morgan fingerprint density at radius 3 is 2.90 bits per heavy atom. The lowest BCUT2D eigenvalue weighted by atomic mass is 9.85. The molecule has 2 aliphatic rings. The van der Waals surface area contributed by atoms with Crippen molar-refractivity contribution in [2.75, 3.05) is 6.61 Å². The Morgan fingerprint density at radius 1 is 1.35 bits per heavy atom. The molecule has 0 aromatic carbocycles. The maximum Gasteiger partial charge on any atom is 0.242 e. The summed E-state index contributed by atoms with van der Waals surface area (Å²) in [5, 5.41) is 20.5.